The van der Waals surface area contributed by atoms with Crippen LogP contribution in [0.4, 0.5) is 0 Å². The Morgan fingerprint density at radius 1 is 1.30 bits per heavy atom. The number of pyridine rings is 1. The Hall–Kier alpha value is -2.20. The first-order valence-electron chi connectivity index (χ1n) is 8.19. The summed E-state index contributed by atoms with van der Waals surface area (Å²) in [7, 11) is 0. The second kappa shape index (κ2) is 7.38. The van der Waals surface area contributed by atoms with E-state index in [2.05, 4.69) is 46.4 Å². The standard InChI is InChI=1S/C19H23N3O/c1-15-4-2-5-16(12-15)13-22-11-3-6-18(14-22)21-19(23)17-7-9-20-10-8-17/h2,4-5,7-10,12,18H,3,6,11,13-14H2,1H3,(H,21,23). The van der Waals surface area contributed by atoms with Gasteiger partial charge in [0.2, 0.25) is 0 Å². The molecule has 2 heterocycles. The lowest BCUT2D eigenvalue weighted by Gasteiger charge is -2.33. The predicted octanol–water partition coefficient (Wildman–Crippen LogP) is 2.78. The minimum Gasteiger partial charge on any atom is -0.348 e. The molecule has 1 fully saturated rings. The molecule has 0 aliphatic carbocycles. The van der Waals surface area contributed by atoms with E-state index in [4.69, 9.17) is 0 Å². The number of benzene rings is 1. The van der Waals surface area contributed by atoms with Crippen LogP contribution in [0.2, 0.25) is 0 Å². The van der Waals surface area contributed by atoms with Gasteiger partial charge < -0.3 is 5.32 Å². The van der Waals surface area contributed by atoms with Crippen molar-refractivity contribution in [1.29, 1.82) is 0 Å². The van der Waals surface area contributed by atoms with Gasteiger partial charge in [0.15, 0.2) is 0 Å². The number of carbonyl (C=O) groups is 1. The molecule has 4 nitrogen and oxygen atoms in total. The highest BCUT2D eigenvalue weighted by molar-refractivity contribution is 5.94. The molecular weight excluding hydrogens is 286 g/mol. The van der Waals surface area contributed by atoms with Crippen LogP contribution in [0.5, 0.6) is 0 Å². The fraction of sp³-hybridized carbons (Fsp3) is 0.368. The van der Waals surface area contributed by atoms with Gasteiger partial charge in [-0.1, -0.05) is 29.8 Å². The topological polar surface area (TPSA) is 45.2 Å². The number of nitrogens with zero attached hydrogens (tertiary/aromatic N) is 2. The Morgan fingerprint density at radius 2 is 2.13 bits per heavy atom. The van der Waals surface area contributed by atoms with Gasteiger partial charge in [-0.25, -0.2) is 0 Å². The fourth-order valence-corrected chi connectivity index (χ4v) is 3.16. The molecule has 1 saturated heterocycles. The molecule has 4 heteroatoms. The second-order valence-electron chi connectivity index (χ2n) is 6.27. The number of aryl methyl sites for hydroxylation is 1. The van der Waals surface area contributed by atoms with Crippen LogP contribution < -0.4 is 5.32 Å². The zero-order valence-corrected chi connectivity index (χ0v) is 13.5. The summed E-state index contributed by atoms with van der Waals surface area (Å²) in [4.78, 5) is 18.6. The zero-order valence-electron chi connectivity index (χ0n) is 13.5. The summed E-state index contributed by atoms with van der Waals surface area (Å²) in [6.45, 7) is 5.07. The molecule has 1 atom stereocenters. The summed E-state index contributed by atoms with van der Waals surface area (Å²) in [5.41, 5.74) is 3.31. The van der Waals surface area contributed by atoms with Crippen molar-refractivity contribution in [3.8, 4) is 0 Å². The quantitative estimate of drug-likeness (QED) is 0.944. The molecule has 0 spiro atoms. The highest BCUT2D eigenvalue weighted by Crippen LogP contribution is 2.15. The molecule has 3 rings (SSSR count). The van der Waals surface area contributed by atoms with Gasteiger partial charge in [-0.15, -0.1) is 0 Å². The maximum absolute atomic E-state index is 12.3. The van der Waals surface area contributed by atoms with E-state index >= 15 is 0 Å². The summed E-state index contributed by atoms with van der Waals surface area (Å²) in [5, 5.41) is 3.15. The zero-order chi connectivity index (χ0) is 16.1. The molecule has 120 valence electrons. The Balaban J connectivity index is 1.57. The van der Waals surface area contributed by atoms with E-state index in [1.54, 1.807) is 24.5 Å². The number of piperidine rings is 1. The normalized spacial score (nSPS) is 18.6. The average molecular weight is 309 g/mol. The monoisotopic (exact) mass is 309 g/mol. The van der Waals surface area contributed by atoms with E-state index in [9.17, 15) is 4.79 Å². The number of hydrogen-bond donors (Lipinski definition) is 1. The van der Waals surface area contributed by atoms with Crippen molar-refractivity contribution in [3.63, 3.8) is 0 Å². The van der Waals surface area contributed by atoms with Gasteiger partial charge in [0.05, 0.1) is 0 Å². The van der Waals surface area contributed by atoms with Gasteiger partial charge in [0, 0.05) is 37.1 Å². The van der Waals surface area contributed by atoms with E-state index in [0.29, 0.717) is 5.56 Å². The number of amides is 1. The Kier molecular flexibility index (Phi) is 5.03. The minimum atomic E-state index is -0.00481. The number of rotatable bonds is 4. The lowest BCUT2D eigenvalue weighted by molar-refractivity contribution is 0.0900. The summed E-state index contributed by atoms with van der Waals surface area (Å²) in [5.74, 6) is -0.00481. The molecular formula is C19H23N3O. The largest absolute Gasteiger partial charge is 0.348 e. The van der Waals surface area contributed by atoms with Gasteiger partial charge in [-0.2, -0.15) is 0 Å². The molecule has 0 bridgehead atoms. The van der Waals surface area contributed by atoms with Crippen LogP contribution in [0.25, 0.3) is 0 Å². The average Bonchev–Trinajstić information content (AvgIpc) is 2.56. The lowest BCUT2D eigenvalue weighted by Crippen LogP contribution is -2.47. The van der Waals surface area contributed by atoms with E-state index < -0.39 is 0 Å². The van der Waals surface area contributed by atoms with E-state index in [0.717, 1.165) is 32.5 Å². The third-order valence-electron chi connectivity index (χ3n) is 4.27. The summed E-state index contributed by atoms with van der Waals surface area (Å²) >= 11 is 0. The molecule has 23 heavy (non-hydrogen) atoms. The van der Waals surface area contributed by atoms with Crippen molar-refractivity contribution in [1.82, 2.24) is 15.2 Å². The first-order chi connectivity index (χ1) is 11.2. The molecule has 0 saturated carbocycles. The molecule has 1 aromatic carbocycles. The predicted molar refractivity (Wildman–Crippen MR) is 91.2 cm³/mol. The molecule has 1 aromatic heterocycles. The first kappa shape index (κ1) is 15.7. The summed E-state index contributed by atoms with van der Waals surface area (Å²) in [6, 6.07) is 12.4. The summed E-state index contributed by atoms with van der Waals surface area (Å²) < 4.78 is 0. The molecule has 1 amide bonds. The Bertz CT molecular complexity index is 657. The van der Waals surface area contributed by atoms with Crippen LogP contribution in [0.3, 0.4) is 0 Å². The van der Waals surface area contributed by atoms with Crippen molar-refractivity contribution in [2.75, 3.05) is 13.1 Å². The van der Waals surface area contributed by atoms with Crippen molar-refractivity contribution in [3.05, 3.63) is 65.5 Å². The highest BCUT2D eigenvalue weighted by atomic mass is 16.1. The SMILES string of the molecule is Cc1cccc(CN2CCCC(NC(=O)c3ccncc3)C2)c1. The van der Waals surface area contributed by atoms with E-state index in [-0.39, 0.29) is 11.9 Å². The summed E-state index contributed by atoms with van der Waals surface area (Å²) in [6.07, 6.45) is 5.47. The molecule has 0 radical (unpaired) electrons. The number of hydrogen-bond acceptors (Lipinski definition) is 3. The van der Waals surface area contributed by atoms with Crippen molar-refractivity contribution >= 4 is 5.91 Å². The van der Waals surface area contributed by atoms with Crippen LogP contribution in [-0.4, -0.2) is 34.9 Å². The van der Waals surface area contributed by atoms with Crippen molar-refractivity contribution in [2.45, 2.75) is 32.4 Å². The van der Waals surface area contributed by atoms with E-state index in [1.165, 1.54) is 11.1 Å². The van der Waals surface area contributed by atoms with Crippen molar-refractivity contribution in [2.24, 2.45) is 0 Å². The Morgan fingerprint density at radius 3 is 2.91 bits per heavy atom. The fourth-order valence-electron chi connectivity index (χ4n) is 3.16. The second-order valence-corrected chi connectivity index (χ2v) is 6.27. The number of carbonyl (C=O) groups excluding carboxylic acids is 1. The van der Waals surface area contributed by atoms with Gasteiger partial charge in [0.1, 0.15) is 0 Å². The Labute approximate surface area is 137 Å². The molecule has 2 aromatic rings. The van der Waals surface area contributed by atoms with Crippen LogP contribution in [0.1, 0.15) is 34.3 Å². The minimum absolute atomic E-state index is 0.00481. The highest BCUT2D eigenvalue weighted by Gasteiger charge is 2.21. The number of likely N-dealkylation sites (tertiary alicyclic amines) is 1. The van der Waals surface area contributed by atoms with Gasteiger partial charge >= 0.3 is 0 Å². The van der Waals surface area contributed by atoms with Gasteiger partial charge in [-0.05, 0) is 44.0 Å². The first-order valence-corrected chi connectivity index (χ1v) is 8.19. The smallest absolute Gasteiger partial charge is 0.251 e. The van der Waals surface area contributed by atoms with Gasteiger partial charge in [-0.3, -0.25) is 14.7 Å². The molecule has 1 aliphatic heterocycles. The third-order valence-corrected chi connectivity index (χ3v) is 4.27. The van der Waals surface area contributed by atoms with Crippen LogP contribution in [0.15, 0.2) is 48.8 Å². The van der Waals surface area contributed by atoms with Crippen LogP contribution >= 0.6 is 0 Å². The van der Waals surface area contributed by atoms with Crippen LogP contribution in [0, 0.1) is 6.92 Å². The lowest BCUT2D eigenvalue weighted by atomic mass is 10.0. The van der Waals surface area contributed by atoms with E-state index in [1.807, 2.05) is 0 Å². The maximum Gasteiger partial charge on any atom is 0.251 e. The third kappa shape index (κ3) is 4.39. The molecule has 1 aliphatic rings. The molecule has 1 unspecified atom stereocenters. The van der Waals surface area contributed by atoms with Crippen LogP contribution in [-0.2, 0) is 6.54 Å². The number of aromatic nitrogens is 1. The number of nitrogens with one attached hydrogen (secondary N) is 1. The molecule has 1 N–H and O–H groups in total. The maximum atomic E-state index is 12.3. The van der Waals surface area contributed by atoms with Gasteiger partial charge in [0.25, 0.3) is 5.91 Å². The van der Waals surface area contributed by atoms with Crippen molar-refractivity contribution < 1.29 is 4.79 Å².